The molecule has 0 bridgehead atoms. The third-order valence-electron chi connectivity index (χ3n) is 1.50. The second-order valence-corrected chi connectivity index (χ2v) is 2.64. The minimum absolute atomic E-state index is 0.695. The van der Waals surface area contributed by atoms with E-state index in [0.29, 0.717) is 0 Å². The molecule has 11 heavy (non-hydrogen) atoms. The molecule has 1 saturated heterocycles. The molecule has 2 radical (unpaired) electrons. The number of ether oxygens (including phenoxy) is 1. The van der Waals surface area contributed by atoms with Crippen LogP contribution < -0.4 is 0 Å². The van der Waals surface area contributed by atoms with E-state index in [4.69, 9.17) is 16.8 Å². The molecule has 4 heteroatoms. The van der Waals surface area contributed by atoms with Crippen molar-refractivity contribution >= 4 is 15.9 Å². The van der Waals surface area contributed by atoms with Crippen LogP contribution in [-0.4, -0.2) is 34.6 Å². The van der Waals surface area contributed by atoms with Crippen molar-refractivity contribution in [2.24, 2.45) is 0 Å². The monoisotopic (exact) mass is 218 g/mol. The highest BCUT2D eigenvalue weighted by Crippen LogP contribution is 2.19. The van der Waals surface area contributed by atoms with Crippen molar-refractivity contribution in [1.82, 2.24) is 0 Å². The molecule has 0 aromatic heterocycles. The molecule has 0 spiro atoms. The lowest BCUT2D eigenvalue weighted by molar-refractivity contribution is 0.0398. The second kappa shape index (κ2) is 3.55. The zero-order valence-electron chi connectivity index (χ0n) is 5.57. The van der Waals surface area contributed by atoms with Gasteiger partial charge in [0.15, 0.2) is 0 Å². The predicted octanol–water partition coefficient (Wildman–Crippen LogP) is -0.458. The molecule has 0 aromatic carbocycles. The van der Waals surface area contributed by atoms with Crippen LogP contribution >= 0.6 is 15.9 Å². The number of hydrogen-bond donors (Lipinski definition) is 2. The van der Waals surface area contributed by atoms with E-state index < -0.39 is 24.4 Å². The summed E-state index contributed by atoms with van der Waals surface area (Å²) in [5.74, 6) is 2.51. The summed E-state index contributed by atoms with van der Waals surface area (Å²) in [6, 6.07) is 0. The summed E-state index contributed by atoms with van der Waals surface area (Å²) in [5, 5.41) is 18.3. The standard InChI is InChI=1S/C7H7BrO3/c1-4-6(9)7(10)5(11-4)2-3-8/h1,4-7,9-10H/t4-,5+,6?,7-/m0/s1. The van der Waals surface area contributed by atoms with Crippen LogP contribution in [0.25, 0.3) is 0 Å². The van der Waals surface area contributed by atoms with Gasteiger partial charge < -0.3 is 14.9 Å². The Hall–Kier alpha value is -0.0800. The largest absolute Gasteiger partial charge is 0.388 e. The van der Waals surface area contributed by atoms with Gasteiger partial charge in [-0.1, -0.05) is 5.92 Å². The maximum absolute atomic E-state index is 9.18. The van der Waals surface area contributed by atoms with E-state index in [1.165, 1.54) is 0 Å². The van der Waals surface area contributed by atoms with Gasteiger partial charge in [-0.3, -0.25) is 0 Å². The summed E-state index contributed by atoms with van der Waals surface area (Å²) >= 11 is 2.85. The average Bonchev–Trinajstić information content (AvgIpc) is 2.19. The van der Waals surface area contributed by atoms with Crippen LogP contribution in [0.1, 0.15) is 0 Å². The maximum Gasteiger partial charge on any atom is 0.148 e. The second-order valence-electron chi connectivity index (χ2n) is 2.24. The number of halogens is 1. The molecular formula is C7H7BrO3. The predicted molar refractivity (Wildman–Crippen MR) is 41.7 cm³/mol. The number of aliphatic hydroxyl groups is 2. The van der Waals surface area contributed by atoms with Crippen molar-refractivity contribution in [3.8, 4) is 10.8 Å². The van der Waals surface area contributed by atoms with E-state index in [-0.39, 0.29) is 0 Å². The van der Waals surface area contributed by atoms with Gasteiger partial charge in [-0.25, -0.2) is 0 Å². The molecule has 0 amide bonds. The van der Waals surface area contributed by atoms with Crippen molar-refractivity contribution < 1.29 is 14.9 Å². The molecule has 0 saturated carbocycles. The number of aliphatic hydroxyl groups excluding tert-OH is 2. The Kier molecular flexibility index (Phi) is 2.90. The lowest BCUT2D eigenvalue weighted by Crippen LogP contribution is -2.30. The summed E-state index contributed by atoms with van der Waals surface area (Å²) in [6.07, 6.45) is -3.61. The Labute approximate surface area is 73.5 Å². The molecule has 60 valence electrons. The molecule has 2 N–H and O–H groups in total. The summed E-state index contributed by atoms with van der Waals surface area (Å²) in [4.78, 5) is 2.39. The average molecular weight is 219 g/mol. The van der Waals surface area contributed by atoms with Crippen LogP contribution in [0.3, 0.4) is 0 Å². The van der Waals surface area contributed by atoms with Gasteiger partial charge in [-0.2, -0.15) is 0 Å². The molecule has 0 aromatic rings. The Morgan fingerprint density at radius 2 is 2.00 bits per heavy atom. The topological polar surface area (TPSA) is 49.7 Å². The first kappa shape index (κ1) is 9.01. The van der Waals surface area contributed by atoms with Crippen molar-refractivity contribution in [2.75, 3.05) is 0 Å². The van der Waals surface area contributed by atoms with Crippen molar-refractivity contribution in [2.45, 2.75) is 24.4 Å². The zero-order chi connectivity index (χ0) is 8.43. The lowest BCUT2D eigenvalue weighted by Gasteiger charge is -2.07. The highest BCUT2D eigenvalue weighted by Gasteiger charge is 2.39. The van der Waals surface area contributed by atoms with E-state index in [2.05, 4.69) is 26.7 Å². The Morgan fingerprint density at radius 1 is 1.36 bits per heavy atom. The lowest BCUT2D eigenvalue weighted by atomic mass is 10.1. The van der Waals surface area contributed by atoms with E-state index in [0.717, 1.165) is 0 Å². The molecule has 1 aliphatic rings. The van der Waals surface area contributed by atoms with E-state index >= 15 is 0 Å². The van der Waals surface area contributed by atoms with Crippen molar-refractivity contribution in [3.05, 3.63) is 6.92 Å². The van der Waals surface area contributed by atoms with Crippen LogP contribution in [0.2, 0.25) is 0 Å². The molecule has 4 atom stereocenters. The number of rotatable bonds is 0. The van der Waals surface area contributed by atoms with Gasteiger partial charge in [-0.15, -0.1) is 0 Å². The Morgan fingerprint density at radius 3 is 2.36 bits per heavy atom. The highest BCUT2D eigenvalue weighted by atomic mass is 79.9. The molecule has 1 unspecified atom stereocenters. The third-order valence-corrected chi connectivity index (χ3v) is 1.73. The molecule has 0 aliphatic carbocycles. The summed E-state index contributed by atoms with van der Waals surface area (Å²) in [5.41, 5.74) is 0. The van der Waals surface area contributed by atoms with Gasteiger partial charge in [0, 0.05) is 15.9 Å². The fourth-order valence-electron chi connectivity index (χ4n) is 0.877. The van der Waals surface area contributed by atoms with E-state index in [9.17, 15) is 5.11 Å². The minimum Gasteiger partial charge on any atom is -0.388 e. The van der Waals surface area contributed by atoms with Gasteiger partial charge >= 0.3 is 0 Å². The van der Waals surface area contributed by atoms with E-state index in [1.54, 1.807) is 0 Å². The third kappa shape index (κ3) is 1.74. The molecule has 1 fully saturated rings. The highest BCUT2D eigenvalue weighted by molar-refractivity contribution is 9.12. The van der Waals surface area contributed by atoms with Crippen LogP contribution in [-0.2, 0) is 4.74 Å². The minimum atomic E-state index is -1.05. The van der Waals surface area contributed by atoms with Gasteiger partial charge in [0.1, 0.15) is 18.3 Å². The molecule has 1 heterocycles. The summed E-state index contributed by atoms with van der Waals surface area (Å²) < 4.78 is 4.90. The smallest absolute Gasteiger partial charge is 0.148 e. The van der Waals surface area contributed by atoms with Crippen molar-refractivity contribution in [3.63, 3.8) is 0 Å². The van der Waals surface area contributed by atoms with Gasteiger partial charge in [0.2, 0.25) is 0 Å². The Bertz CT molecular complexity index is 196. The normalized spacial score (nSPS) is 43.3. The van der Waals surface area contributed by atoms with Crippen LogP contribution in [0.15, 0.2) is 0 Å². The summed E-state index contributed by atoms with van der Waals surface area (Å²) in [7, 11) is 0. The first-order valence-corrected chi connectivity index (χ1v) is 3.84. The van der Waals surface area contributed by atoms with Gasteiger partial charge in [0.25, 0.3) is 0 Å². The van der Waals surface area contributed by atoms with Crippen LogP contribution in [0, 0.1) is 17.7 Å². The number of hydrogen-bond acceptors (Lipinski definition) is 3. The fourth-order valence-corrected chi connectivity index (χ4v) is 1.10. The first-order chi connectivity index (χ1) is 5.16. The van der Waals surface area contributed by atoms with E-state index in [1.807, 2.05) is 0 Å². The van der Waals surface area contributed by atoms with Crippen LogP contribution in [0.5, 0.6) is 0 Å². The Balaban J connectivity index is 2.64. The zero-order valence-corrected chi connectivity index (χ0v) is 7.15. The molecule has 1 rings (SSSR count). The first-order valence-electron chi connectivity index (χ1n) is 3.05. The summed E-state index contributed by atoms with van der Waals surface area (Å²) in [6.45, 7) is 5.27. The van der Waals surface area contributed by atoms with Gasteiger partial charge in [-0.05, 0) is 11.8 Å². The molecule has 1 aliphatic heterocycles. The SMILES string of the molecule is [CH][C@@H]1O[C@H](C#CBr)[C@H](O)C1O. The van der Waals surface area contributed by atoms with Gasteiger partial charge in [0.05, 0.1) is 6.10 Å². The molecular weight excluding hydrogens is 212 g/mol. The quantitative estimate of drug-likeness (QED) is 0.542. The maximum atomic E-state index is 9.18. The molecule has 3 nitrogen and oxygen atoms in total. The van der Waals surface area contributed by atoms with Crippen molar-refractivity contribution in [1.29, 1.82) is 0 Å². The fraction of sp³-hybridized carbons (Fsp3) is 0.571. The van der Waals surface area contributed by atoms with Crippen LogP contribution in [0.4, 0.5) is 0 Å².